The summed E-state index contributed by atoms with van der Waals surface area (Å²) in [7, 11) is 1.33. The second-order valence-electron chi connectivity index (χ2n) is 3.98. The van der Waals surface area contributed by atoms with E-state index in [1.807, 2.05) is 0 Å². The number of hydrogen-bond donors (Lipinski definition) is 2. The molecule has 1 saturated carbocycles. The number of carbonyl (C=O) groups is 1. The van der Waals surface area contributed by atoms with E-state index in [-0.39, 0.29) is 0 Å². The van der Waals surface area contributed by atoms with Gasteiger partial charge in [0.05, 0.1) is 12.7 Å². The fourth-order valence-corrected chi connectivity index (χ4v) is 1.87. The molecule has 0 bridgehead atoms. The quantitative estimate of drug-likeness (QED) is 0.664. The lowest BCUT2D eigenvalue weighted by atomic mass is 9.95. The molecular weight excluding hydrogens is 182 g/mol. The van der Waals surface area contributed by atoms with Crippen LogP contribution in [-0.2, 0) is 4.74 Å². The van der Waals surface area contributed by atoms with Crippen molar-refractivity contribution in [3.05, 3.63) is 0 Å². The van der Waals surface area contributed by atoms with Crippen molar-refractivity contribution in [2.75, 3.05) is 13.7 Å². The van der Waals surface area contributed by atoms with Crippen LogP contribution in [0.5, 0.6) is 0 Å². The summed E-state index contributed by atoms with van der Waals surface area (Å²) in [6.07, 6.45) is 5.52. The third kappa shape index (κ3) is 3.54. The Morgan fingerprint density at radius 1 is 1.36 bits per heavy atom. The Bertz CT molecular complexity index is 186. The molecule has 0 aromatic heterocycles. The summed E-state index contributed by atoms with van der Waals surface area (Å²) in [5.41, 5.74) is -0.718. The highest BCUT2D eigenvalue weighted by Gasteiger charge is 2.28. The van der Waals surface area contributed by atoms with Crippen molar-refractivity contribution >= 4 is 6.09 Å². The zero-order chi connectivity index (χ0) is 10.4. The predicted molar refractivity (Wildman–Crippen MR) is 53.1 cm³/mol. The van der Waals surface area contributed by atoms with Crippen molar-refractivity contribution in [2.45, 2.75) is 44.1 Å². The summed E-state index contributed by atoms with van der Waals surface area (Å²) in [5, 5.41) is 12.7. The highest BCUT2D eigenvalue weighted by molar-refractivity contribution is 5.66. The molecule has 0 aliphatic heterocycles. The zero-order valence-electron chi connectivity index (χ0n) is 8.71. The van der Waals surface area contributed by atoms with Gasteiger partial charge in [0.25, 0.3) is 0 Å². The van der Waals surface area contributed by atoms with Crippen LogP contribution in [0.2, 0.25) is 0 Å². The van der Waals surface area contributed by atoms with Gasteiger partial charge in [0.1, 0.15) is 0 Å². The molecule has 0 spiro atoms. The van der Waals surface area contributed by atoms with Crippen molar-refractivity contribution < 1.29 is 14.6 Å². The number of amides is 1. The molecule has 1 aliphatic rings. The van der Waals surface area contributed by atoms with Crippen LogP contribution in [0.4, 0.5) is 4.79 Å². The Morgan fingerprint density at radius 2 is 1.93 bits per heavy atom. The Balaban J connectivity index is 2.35. The molecule has 14 heavy (non-hydrogen) atoms. The van der Waals surface area contributed by atoms with E-state index >= 15 is 0 Å². The van der Waals surface area contributed by atoms with E-state index in [1.54, 1.807) is 0 Å². The number of carbonyl (C=O) groups excluding carboxylic acids is 1. The first-order valence-electron chi connectivity index (χ1n) is 5.20. The maximum absolute atomic E-state index is 10.8. The minimum Gasteiger partial charge on any atom is -0.453 e. The Labute approximate surface area is 84.6 Å². The van der Waals surface area contributed by atoms with Gasteiger partial charge in [-0.05, 0) is 12.8 Å². The molecule has 4 nitrogen and oxygen atoms in total. The van der Waals surface area contributed by atoms with Crippen LogP contribution in [0.15, 0.2) is 0 Å². The minimum absolute atomic E-state index is 0.305. The van der Waals surface area contributed by atoms with Crippen LogP contribution in [0.3, 0.4) is 0 Å². The number of aliphatic hydroxyl groups is 1. The van der Waals surface area contributed by atoms with Crippen molar-refractivity contribution in [1.29, 1.82) is 0 Å². The van der Waals surface area contributed by atoms with Gasteiger partial charge in [0, 0.05) is 6.54 Å². The van der Waals surface area contributed by atoms with Crippen LogP contribution in [0.1, 0.15) is 38.5 Å². The first kappa shape index (κ1) is 11.3. The molecule has 0 radical (unpaired) electrons. The standard InChI is InChI=1S/C10H19NO3/c1-14-9(12)11-8-10(13)6-4-2-3-5-7-10/h13H,2-8H2,1H3,(H,11,12). The lowest BCUT2D eigenvalue weighted by Gasteiger charge is -2.26. The second-order valence-corrected chi connectivity index (χ2v) is 3.98. The topological polar surface area (TPSA) is 58.6 Å². The molecule has 0 aromatic rings. The van der Waals surface area contributed by atoms with Crippen molar-refractivity contribution in [3.8, 4) is 0 Å². The van der Waals surface area contributed by atoms with E-state index in [1.165, 1.54) is 20.0 Å². The lowest BCUT2D eigenvalue weighted by molar-refractivity contribution is 0.0250. The van der Waals surface area contributed by atoms with E-state index in [9.17, 15) is 9.90 Å². The van der Waals surface area contributed by atoms with Crippen molar-refractivity contribution in [1.82, 2.24) is 5.32 Å². The third-order valence-electron chi connectivity index (χ3n) is 2.78. The van der Waals surface area contributed by atoms with E-state index < -0.39 is 11.7 Å². The number of rotatable bonds is 2. The molecule has 82 valence electrons. The molecule has 1 rings (SSSR count). The van der Waals surface area contributed by atoms with Crippen LogP contribution in [-0.4, -0.2) is 30.5 Å². The summed E-state index contributed by atoms with van der Waals surface area (Å²) >= 11 is 0. The maximum Gasteiger partial charge on any atom is 0.406 e. The number of alkyl carbamates (subject to hydrolysis) is 1. The van der Waals surface area contributed by atoms with Gasteiger partial charge < -0.3 is 15.2 Å². The van der Waals surface area contributed by atoms with E-state index in [0.717, 1.165) is 25.7 Å². The van der Waals surface area contributed by atoms with Crippen LogP contribution >= 0.6 is 0 Å². The minimum atomic E-state index is -0.718. The van der Waals surface area contributed by atoms with Crippen LogP contribution in [0, 0.1) is 0 Å². The van der Waals surface area contributed by atoms with Crippen molar-refractivity contribution in [2.24, 2.45) is 0 Å². The molecule has 1 amide bonds. The molecule has 0 aromatic carbocycles. The number of methoxy groups -OCH3 is 1. The SMILES string of the molecule is COC(=O)NCC1(O)CCCCCC1. The van der Waals surface area contributed by atoms with Gasteiger partial charge in [0.15, 0.2) is 0 Å². The smallest absolute Gasteiger partial charge is 0.406 e. The number of hydrogen-bond acceptors (Lipinski definition) is 3. The van der Waals surface area contributed by atoms with Gasteiger partial charge >= 0.3 is 6.09 Å². The average Bonchev–Trinajstić information content (AvgIpc) is 2.40. The Morgan fingerprint density at radius 3 is 2.43 bits per heavy atom. The van der Waals surface area contributed by atoms with Crippen molar-refractivity contribution in [3.63, 3.8) is 0 Å². The molecule has 2 N–H and O–H groups in total. The predicted octanol–water partition coefficient (Wildman–Crippen LogP) is 1.43. The third-order valence-corrected chi connectivity index (χ3v) is 2.78. The monoisotopic (exact) mass is 201 g/mol. The van der Waals surface area contributed by atoms with Gasteiger partial charge in [-0.2, -0.15) is 0 Å². The van der Waals surface area contributed by atoms with E-state index in [2.05, 4.69) is 10.1 Å². The maximum atomic E-state index is 10.8. The molecule has 1 aliphatic carbocycles. The summed E-state index contributed by atoms with van der Waals surface area (Å²) in [6, 6.07) is 0. The fraction of sp³-hybridized carbons (Fsp3) is 0.900. The summed E-state index contributed by atoms with van der Waals surface area (Å²) in [5.74, 6) is 0. The number of nitrogens with one attached hydrogen (secondary N) is 1. The Kier molecular flexibility index (Phi) is 4.20. The molecular formula is C10H19NO3. The summed E-state index contributed by atoms with van der Waals surface area (Å²) < 4.78 is 4.46. The van der Waals surface area contributed by atoms with Crippen LogP contribution in [0.25, 0.3) is 0 Å². The second kappa shape index (κ2) is 5.20. The summed E-state index contributed by atoms with van der Waals surface area (Å²) in [6.45, 7) is 0.305. The number of ether oxygens (including phenoxy) is 1. The zero-order valence-corrected chi connectivity index (χ0v) is 8.71. The van der Waals surface area contributed by atoms with Gasteiger partial charge in [-0.1, -0.05) is 25.7 Å². The summed E-state index contributed by atoms with van der Waals surface area (Å²) in [4.78, 5) is 10.8. The van der Waals surface area contributed by atoms with Gasteiger partial charge in [0.2, 0.25) is 0 Å². The van der Waals surface area contributed by atoms with E-state index in [4.69, 9.17) is 0 Å². The first-order valence-corrected chi connectivity index (χ1v) is 5.20. The highest BCUT2D eigenvalue weighted by Crippen LogP contribution is 2.26. The first-order chi connectivity index (χ1) is 6.66. The Hall–Kier alpha value is -0.770. The molecule has 0 saturated heterocycles. The van der Waals surface area contributed by atoms with E-state index in [0.29, 0.717) is 6.54 Å². The molecule has 4 heteroatoms. The van der Waals surface area contributed by atoms with Gasteiger partial charge in [-0.3, -0.25) is 0 Å². The molecule has 1 fully saturated rings. The normalized spacial score (nSPS) is 21.0. The highest BCUT2D eigenvalue weighted by atomic mass is 16.5. The lowest BCUT2D eigenvalue weighted by Crippen LogP contribution is -2.42. The van der Waals surface area contributed by atoms with Gasteiger partial charge in [-0.25, -0.2) is 4.79 Å². The fourth-order valence-electron chi connectivity index (χ4n) is 1.87. The van der Waals surface area contributed by atoms with Crippen LogP contribution < -0.4 is 5.32 Å². The molecule has 0 heterocycles. The molecule has 0 unspecified atom stereocenters. The van der Waals surface area contributed by atoms with Gasteiger partial charge in [-0.15, -0.1) is 0 Å². The average molecular weight is 201 g/mol. The molecule has 0 atom stereocenters. The largest absolute Gasteiger partial charge is 0.453 e.